The second-order valence-electron chi connectivity index (χ2n) is 6.55. The zero-order valence-electron chi connectivity index (χ0n) is 16.5. The lowest BCUT2D eigenvalue weighted by molar-refractivity contribution is 0.0892. The van der Waals surface area contributed by atoms with Crippen LogP contribution in [0.4, 0.5) is 0 Å². The van der Waals surface area contributed by atoms with Crippen LogP contribution in [-0.2, 0) is 23.1 Å². The van der Waals surface area contributed by atoms with Gasteiger partial charge in [0.15, 0.2) is 0 Å². The number of aromatic amines is 1. The number of carbonyl (C=O) groups excluding carboxylic acids is 1. The van der Waals surface area contributed by atoms with Crippen molar-refractivity contribution in [1.82, 2.24) is 25.3 Å². The molecule has 1 atom stereocenters. The third-order valence-corrected chi connectivity index (χ3v) is 4.57. The van der Waals surface area contributed by atoms with Crippen LogP contribution in [0.1, 0.15) is 33.5 Å². The van der Waals surface area contributed by atoms with Gasteiger partial charge in [0.2, 0.25) is 0 Å². The molecule has 8 nitrogen and oxygen atoms in total. The van der Waals surface area contributed by atoms with Crippen LogP contribution in [0, 0.1) is 6.92 Å². The number of amides is 1. The number of H-pyrrole nitrogens is 1. The van der Waals surface area contributed by atoms with Gasteiger partial charge in [-0.2, -0.15) is 10.2 Å². The summed E-state index contributed by atoms with van der Waals surface area (Å²) in [6.07, 6.45) is 1.70. The Morgan fingerprint density at radius 1 is 1.29 bits per heavy atom. The lowest BCUT2D eigenvalue weighted by atomic mass is 10.0. The number of methoxy groups -OCH3 is 2. The predicted molar refractivity (Wildman–Crippen MR) is 105 cm³/mol. The van der Waals surface area contributed by atoms with Gasteiger partial charge in [0, 0.05) is 44.3 Å². The number of rotatable bonds is 8. The third-order valence-electron chi connectivity index (χ3n) is 4.57. The van der Waals surface area contributed by atoms with Gasteiger partial charge in [-0.3, -0.25) is 14.6 Å². The Morgan fingerprint density at radius 2 is 2.11 bits per heavy atom. The maximum absolute atomic E-state index is 12.9. The molecule has 28 heavy (non-hydrogen) atoms. The summed E-state index contributed by atoms with van der Waals surface area (Å²) in [5, 5.41) is 14.5. The lowest BCUT2D eigenvalue weighted by Crippen LogP contribution is -2.32. The summed E-state index contributed by atoms with van der Waals surface area (Å²) >= 11 is 0. The normalized spacial score (nSPS) is 12.1. The van der Waals surface area contributed by atoms with E-state index in [9.17, 15) is 4.79 Å². The van der Waals surface area contributed by atoms with Gasteiger partial charge in [0.1, 0.15) is 0 Å². The highest BCUT2D eigenvalue weighted by atomic mass is 16.5. The highest BCUT2D eigenvalue weighted by molar-refractivity contribution is 5.95. The van der Waals surface area contributed by atoms with Crippen molar-refractivity contribution in [3.63, 3.8) is 0 Å². The molecule has 0 saturated heterocycles. The fourth-order valence-corrected chi connectivity index (χ4v) is 3.25. The topological polar surface area (TPSA) is 94.1 Å². The molecule has 8 heteroatoms. The number of carbonyl (C=O) groups is 1. The molecular weight excluding hydrogens is 358 g/mol. The zero-order chi connectivity index (χ0) is 20.1. The van der Waals surface area contributed by atoms with Gasteiger partial charge in [0.05, 0.1) is 30.6 Å². The van der Waals surface area contributed by atoms with E-state index < -0.39 is 0 Å². The summed E-state index contributed by atoms with van der Waals surface area (Å²) in [4.78, 5) is 12.9. The molecule has 0 fully saturated rings. The Kier molecular flexibility index (Phi) is 6.23. The average Bonchev–Trinajstić information content (AvgIpc) is 3.27. The molecule has 3 rings (SSSR count). The Bertz CT molecular complexity index is 947. The summed E-state index contributed by atoms with van der Waals surface area (Å²) in [7, 11) is 5.07. The van der Waals surface area contributed by atoms with Gasteiger partial charge in [0.25, 0.3) is 5.91 Å². The molecule has 3 aromatic rings. The third kappa shape index (κ3) is 4.13. The molecule has 0 bridgehead atoms. The minimum absolute atomic E-state index is 0.181. The molecule has 0 aliphatic heterocycles. The predicted octanol–water partition coefficient (Wildman–Crippen LogP) is 2.38. The van der Waals surface area contributed by atoms with Gasteiger partial charge in [-0.05, 0) is 30.7 Å². The van der Waals surface area contributed by atoms with Crippen LogP contribution in [-0.4, -0.2) is 46.7 Å². The summed E-state index contributed by atoms with van der Waals surface area (Å²) < 4.78 is 12.2. The van der Waals surface area contributed by atoms with E-state index in [1.165, 1.54) is 0 Å². The number of benzene rings is 1. The molecule has 0 spiro atoms. The largest absolute Gasteiger partial charge is 0.382 e. The first-order valence-electron chi connectivity index (χ1n) is 8.96. The summed E-state index contributed by atoms with van der Waals surface area (Å²) in [6, 6.07) is 9.04. The zero-order valence-corrected chi connectivity index (χ0v) is 16.5. The molecule has 0 aliphatic carbocycles. The second kappa shape index (κ2) is 8.81. The standard InChI is InChI=1S/C20H25N5O3/c1-13-19(17(12-28-4)24-23-13)14-6-5-7-15(10-14)20(26)22-16(11-27-3)18-8-9-21-25(18)2/h5-10,16H,11-12H2,1-4H3,(H,22,26)(H,23,24)/t16-/m1/s1. The maximum atomic E-state index is 12.9. The highest BCUT2D eigenvalue weighted by Crippen LogP contribution is 2.27. The fourth-order valence-electron chi connectivity index (χ4n) is 3.25. The van der Waals surface area contributed by atoms with Crippen LogP contribution in [0.15, 0.2) is 36.5 Å². The molecule has 1 amide bonds. The molecule has 0 radical (unpaired) electrons. The van der Waals surface area contributed by atoms with Crippen LogP contribution < -0.4 is 5.32 Å². The van der Waals surface area contributed by atoms with Crippen LogP contribution in [0.5, 0.6) is 0 Å². The van der Waals surface area contributed by atoms with Crippen molar-refractivity contribution in [1.29, 1.82) is 0 Å². The van der Waals surface area contributed by atoms with Crippen molar-refractivity contribution >= 4 is 5.91 Å². The molecule has 2 heterocycles. The quantitative estimate of drug-likeness (QED) is 0.623. The Morgan fingerprint density at radius 3 is 2.79 bits per heavy atom. The van der Waals surface area contributed by atoms with Gasteiger partial charge in [-0.15, -0.1) is 0 Å². The van der Waals surface area contributed by atoms with Crippen LogP contribution in [0.25, 0.3) is 11.1 Å². The van der Waals surface area contributed by atoms with E-state index in [-0.39, 0.29) is 11.9 Å². The number of aromatic nitrogens is 4. The molecule has 0 saturated carbocycles. The maximum Gasteiger partial charge on any atom is 0.251 e. The van der Waals surface area contributed by atoms with E-state index >= 15 is 0 Å². The van der Waals surface area contributed by atoms with Crippen LogP contribution in [0.3, 0.4) is 0 Å². The Hall–Kier alpha value is -2.97. The summed E-state index contributed by atoms with van der Waals surface area (Å²) in [6.45, 7) is 2.70. The average molecular weight is 383 g/mol. The van der Waals surface area contributed by atoms with Gasteiger partial charge >= 0.3 is 0 Å². The van der Waals surface area contributed by atoms with E-state index in [1.807, 2.05) is 38.2 Å². The van der Waals surface area contributed by atoms with Crippen molar-refractivity contribution < 1.29 is 14.3 Å². The SMILES string of the molecule is COCc1n[nH]c(C)c1-c1cccc(C(=O)N[C@H](COC)c2ccnn2C)c1. The van der Waals surface area contributed by atoms with Gasteiger partial charge in [-0.1, -0.05) is 12.1 Å². The first-order chi connectivity index (χ1) is 13.5. The number of hydrogen-bond donors (Lipinski definition) is 2. The van der Waals surface area contributed by atoms with E-state index in [2.05, 4.69) is 20.6 Å². The van der Waals surface area contributed by atoms with E-state index in [0.717, 1.165) is 28.2 Å². The van der Waals surface area contributed by atoms with E-state index in [0.29, 0.717) is 18.8 Å². The molecule has 0 aliphatic rings. The number of nitrogens with zero attached hydrogens (tertiary/aromatic N) is 3. The fraction of sp³-hybridized carbons (Fsp3) is 0.350. The van der Waals surface area contributed by atoms with Crippen molar-refractivity contribution in [3.8, 4) is 11.1 Å². The minimum atomic E-state index is -0.298. The molecule has 0 unspecified atom stereocenters. The van der Waals surface area contributed by atoms with Crippen molar-refractivity contribution in [3.05, 3.63) is 59.2 Å². The van der Waals surface area contributed by atoms with Gasteiger partial charge < -0.3 is 14.8 Å². The smallest absolute Gasteiger partial charge is 0.251 e. The van der Waals surface area contributed by atoms with Crippen LogP contribution >= 0.6 is 0 Å². The first kappa shape index (κ1) is 19.8. The van der Waals surface area contributed by atoms with Gasteiger partial charge in [-0.25, -0.2) is 0 Å². The lowest BCUT2D eigenvalue weighted by Gasteiger charge is -2.18. The summed E-state index contributed by atoms with van der Waals surface area (Å²) in [5.41, 5.74) is 5.04. The van der Waals surface area contributed by atoms with E-state index in [4.69, 9.17) is 9.47 Å². The van der Waals surface area contributed by atoms with Crippen molar-refractivity contribution in [2.24, 2.45) is 7.05 Å². The molecule has 1 aromatic carbocycles. The molecule has 2 aromatic heterocycles. The number of hydrogen-bond acceptors (Lipinski definition) is 5. The van der Waals surface area contributed by atoms with E-state index in [1.54, 1.807) is 31.2 Å². The highest BCUT2D eigenvalue weighted by Gasteiger charge is 2.20. The Balaban J connectivity index is 1.86. The number of aryl methyl sites for hydroxylation is 2. The first-order valence-corrected chi connectivity index (χ1v) is 8.96. The van der Waals surface area contributed by atoms with Crippen molar-refractivity contribution in [2.45, 2.75) is 19.6 Å². The summed E-state index contributed by atoms with van der Waals surface area (Å²) in [5.74, 6) is -0.181. The molecule has 2 N–H and O–H groups in total. The Labute approximate surface area is 163 Å². The molecular formula is C20H25N5O3. The second-order valence-corrected chi connectivity index (χ2v) is 6.55. The monoisotopic (exact) mass is 383 g/mol. The molecule has 148 valence electrons. The minimum Gasteiger partial charge on any atom is -0.382 e. The number of nitrogens with one attached hydrogen (secondary N) is 2. The van der Waals surface area contributed by atoms with Crippen molar-refractivity contribution in [2.75, 3.05) is 20.8 Å². The van der Waals surface area contributed by atoms with Crippen LogP contribution in [0.2, 0.25) is 0 Å². The number of ether oxygens (including phenoxy) is 2.